The zero-order valence-electron chi connectivity index (χ0n) is 18.0. The van der Waals surface area contributed by atoms with Gasteiger partial charge in [-0.25, -0.2) is 18.1 Å². The van der Waals surface area contributed by atoms with Crippen LogP contribution in [0.2, 0.25) is 0 Å². The molecule has 0 radical (unpaired) electrons. The van der Waals surface area contributed by atoms with Crippen molar-refractivity contribution in [3.8, 4) is 0 Å². The molecular formula is C20H27NO9S. The molecule has 0 aromatic heterocycles. The molecule has 5 rings (SSSR count). The first-order valence-electron chi connectivity index (χ1n) is 10.6. The molecule has 5 aliphatic rings. The lowest BCUT2D eigenvalue weighted by Crippen LogP contribution is -2.50. The van der Waals surface area contributed by atoms with E-state index in [0.717, 1.165) is 6.42 Å². The van der Waals surface area contributed by atoms with Crippen LogP contribution in [0.5, 0.6) is 0 Å². The minimum Gasteiger partial charge on any atom is -0.438 e. The number of amides is 2. The van der Waals surface area contributed by atoms with Crippen molar-refractivity contribution in [3.63, 3.8) is 0 Å². The molecule has 3 saturated heterocycles. The monoisotopic (exact) mass is 457 g/mol. The number of carbonyl (C=O) groups is 3. The highest BCUT2D eigenvalue weighted by molar-refractivity contribution is 8.06. The van der Waals surface area contributed by atoms with E-state index in [2.05, 4.69) is 0 Å². The third-order valence-corrected chi connectivity index (χ3v) is 9.63. The molecule has 0 aromatic carbocycles. The molecule has 3 heterocycles. The molecule has 0 N–H and O–H groups in total. The van der Waals surface area contributed by atoms with E-state index >= 15 is 0 Å². The van der Waals surface area contributed by atoms with E-state index in [0.29, 0.717) is 17.7 Å². The first-order chi connectivity index (χ1) is 14.3. The van der Waals surface area contributed by atoms with E-state index < -0.39 is 68.1 Å². The van der Waals surface area contributed by atoms with Crippen LogP contribution < -0.4 is 0 Å². The average Bonchev–Trinajstić information content (AvgIpc) is 3.28. The Bertz CT molecular complexity index is 973. The lowest BCUT2D eigenvalue weighted by atomic mass is 9.70. The van der Waals surface area contributed by atoms with Crippen LogP contribution in [0.3, 0.4) is 0 Å². The van der Waals surface area contributed by atoms with E-state index in [4.69, 9.17) is 18.9 Å². The average molecular weight is 458 g/mol. The van der Waals surface area contributed by atoms with E-state index in [1.165, 1.54) is 0 Å². The number of fused-ring (bicyclic) bond motifs is 5. The van der Waals surface area contributed by atoms with E-state index in [1.54, 1.807) is 13.8 Å². The van der Waals surface area contributed by atoms with Crippen molar-refractivity contribution in [1.82, 2.24) is 4.90 Å². The van der Waals surface area contributed by atoms with Gasteiger partial charge in [-0.05, 0) is 38.0 Å². The first-order valence-corrected chi connectivity index (χ1v) is 12.2. The van der Waals surface area contributed by atoms with Crippen LogP contribution in [-0.4, -0.2) is 73.1 Å². The Morgan fingerprint density at radius 3 is 2.48 bits per heavy atom. The Kier molecular flexibility index (Phi) is 4.31. The number of ketones is 1. The van der Waals surface area contributed by atoms with E-state index in [-0.39, 0.29) is 18.3 Å². The molecule has 31 heavy (non-hydrogen) atoms. The number of ether oxygens (including phenoxy) is 4. The summed E-state index contributed by atoms with van der Waals surface area (Å²) in [6.45, 7) is 7.34. The molecular weight excluding hydrogens is 430 g/mol. The summed E-state index contributed by atoms with van der Waals surface area (Å²) in [5, 5.41) is -1.39. The van der Waals surface area contributed by atoms with Gasteiger partial charge >= 0.3 is 11.3 Å². The maximum Gasteiger partial charge on any atom is 0.420 e. The zero-order chi connectivity index (χ0) is 22.6. The predicted octanol–water partition coefficient (Wildman–Crippen LogP) is 1.61. The van der Waals surface area contributed by atoms with Crippen molar-refractivity contribution < 1.29 is 41.7 Å². The number of Topliss-reactive ketones (excluding diaryl/α,β-unsaturated/α-hetero) is 1. The van der Waals surface area contributed by atoms with Crippen molar-refractivity contribution in [1.29, 1.82) is 0 Å². The zero-order valence-corrected chi connectivity index (χ0v) is 18.8. The standard InChI is InChI=1S/C20H27NO9S/c1-18(2)10-5-6-20(18,12(22)7-10)9-31(25,26)17(24)21-15-14(29-16(21)23)13-11(28-15)8-27-19(3,4)30-13/h10-11,13-15H,5-9H2,1-4H3/t10-,11+,13-,14+,15-,20-/m0/s1. The number of hydrogen-bond donors (Lipinski definition) is 0. The molecule has 2 bridgehead atoms. The Morgan fingerprint density at radius 2 is 1.87 bits per heavy atom. The van der Waals surface area contributed by atoms with Crippen molar-refractivity contribution in [2.45, 2.75) is 77.3 Å². The number of carbonyl (C=O) groups excluding carboxylic acids is 3. The van der Waals surface area contributed by atoms with Crippen LogP contribution in [0.25, 0.3) is 0 Å². The third-order valence-electron chi connectivity index (χ3n) is 8.03. The molecule has 11 heteroatoms. The fourth-order valence-corrected chi connectivity index (χ4v) is 7.99. The van der Waals surface area contributed by atoms with Gasteiger partial charge in [0.15, 0.2) is 18.1 Å². The molecule has 2 aliphatic carbocycles. The highest BCUT2D eigenvalue weighted by Crippen LogP contribution is 2.64. The van der Waals surface area contributed by atoms with E-state index in [9.17, 15) is 22.8 Å². The molecule has 0 unspecified atom stereocenters. The summed E-state index contributed by atoms with van der Waals surface area (Å²) in [5.41, 5.74) is -1.64. The maximum atomic E-state index is 13.2. The summed E-state index contributed by atoms with van der Waals surface area (Å²) in [6, 6.07) is 0. The summed E-state index contributed by atoms with van der Waals surface area (Å²) >= 11 is 0. The van der Waals surface area contributed by atoms with Crippen LogP contribution in [0.15, 0.2) is 0 Å². The van der Waals surface area contributed by atoms with Crippen molar-refractivity contribution in [3.05, 3.63) is 0 Å². The third kappa shape index (κ3) is 2.79. The Hall–Kier alpha value is -1.56. The molecule has 2 amide bonds. The van der Waals surface area contributed by atoms with Crippen LogP contribution in [0.4, 0.5) is 9.59 Å². The smallest absolute Gasteiger partial charge is 0.420 e. The normalized spacial score (nSPS) is 42.5. The molecule has 0 aromatic rings. The second-order valence-electron chi connectivity index (χ2n) is 10.3. The second kappa shape index (κ2) is 6.27. The number of nitrogens with zero attached hydrogens (tertiary/aromatic N) is 1. The fraction of sp³-hybridized carbons (Fsp3) is 0.850. The van der Waals surface area contributed by atoms with Gasteiger partial charge in [-0.3, -0.25) is 9.59 Å². The van der Waals surface area contributed by atoms with Crippen molar-refractivity contribution in [2.75, 3.05) is 12.4 Å². The Labute approximate surface area is 180 Å². The molecule has 10 nitrogen and oxygen atoms in total. The summed E-state index contributed by atoms with van der Waals surface area (Å²) in [5.74, 6) is -1.56. The first kappa shape index (κ1) is 21.3. The number of hydrogen-bond acceptors (Lipinski definition) is 9. The van der Waals surface area contributed by atoms with Crippen LogP contribution in [0.1, 0.15) is 47.0 Å². The van der Waals surface area contributed by atoms with Gasteiger partial charge in [-0.15, -0.1) is 0 Å². The Morgan fingerprint density at radius 1 is 1.16 bits per heavy atom. The SMILES string of the molecule is CC1(C)OC[C@H]2O[C@H]3[C@H](OC(=O)N3C(=O)S(=O)(=O)C[C@@]34CC[C@@H](CC3=O)C4(C)C)[C@H]2O1. The molecule has 6 atom stereocenters. The summed E-state index contributed by atoms with van der Waals surface area (Å²) < 4.78 is 48.8. The molecule has 0 spiro atoms. The van der Waals surface area contributed by atoms with Gasteiger partial charge in [0.25, 0.3) is 0 Å². The van der Waals surface area contributed by atoms with Crippen LogP contribution in [0, 0.1) is 16.7 Å². The van der Waals surface area contributed by atoms with Gasteiger partial charge in [0.05, 0.1) is 12.4 Å². The van der Waals surface area contributed by atoms with Gasteiger partial charge < -0.3 is 18.9 Å². The van der Waals surface area contributed by atoms with Crippen molar-refractivity contribution in [2.24, 2.45) is 16.7 Å². The van der Waals surface area contributed by atoms with Gasteiger partial charge in [-0.2, -0.15) is 0 Å². The lowest BCUT2D eigenvalue weighted by Gasteiger charge is -2.38. The van der Waals surface area contributed by atoms with Gasteiger partial charge in [0.1, 0.15) is 18.0 Å². The highest BCUT2D eigenvalue weighted by atomic mass is 32.2. The summed E-state index contributed by atoms with van der Waals surface area (Å²) in [7, 11) is -4.49. The number of sulfone groups is 1. The quantitative estimate of drug-likeness (QED) is 0.608. The highest BCUT2D eigenvalue weighted by Gasteiger charge is 2.67. The maximum absolute atomic E-state index is 13.2. The predicted molar refractivity (Wildman–Crippen MR) is 103 cm³/mol. The topological polar surface area (TPSA) is 126 Å². The van der Waals surface area contributed by atoms with Gasteiger partial charge in [-0.1, -0.05) is 13.8 Å². The molecule has 3 aliphatic heterocycles. The lowest BCUT2D eigenvalue weighted by molar-refractivity contribution is -0.301. The fourth-order valence-electron chi connectivity index (χ4n) is 6.06. The van der Waals surface area contributed by atoms with Crippen molar-refractivity contribution >= 4 is 27.0 Å². The summed E-state index contributed by atoms with van der Waals surface area (Å²) in [4.78, 5) is 38.8. The summed E-state index contributed by atoms with van der Waals surface area (Å²) in [6.07, 6.45) is -3.03. The largest absolute Gasteiger partial charge is 0.438 e. The minimum atomic E-state index is -4.49. The second-order valence-corrected chi connectivity index (χ2v) is 12.1. The Balaban J connectivity index is 1.40. The van der Waals surface area contributed by atoms with Gasteiger partial charge in [0, 0.05) is 11.8 Å². The van der Waals surface area contributed by atoms with Gasteiger partial charge in [0.2, 0.25) is 9.84 Å². The molecule has 2 saturated carbocycles. The van der Waals surface area contributed by atoms with Crippen LogP contribution in [-0.2, 0) is 33.6 Å². The van der Waals surface area contributed by atoms with Crippen LogP contribution >= 0.6 is 0 Å². The van der Waals surface area contributed by atoms with E-state index in [1.807, 2.05) is 13.8 Å². The number of imide groups is 1. The number of rotatable bonds is 2. The molecule has 172 valence electrons. The minimum absolute atomic E-state index is 0.105. The molecule has 5 fully saturated rings.